The highest BCUT2D eigenvalue weighted by atomic mass is 16.6. The number of ether oxygens (including phenoxy) is 1. The molecule has 90 valence electrons. The molecule has 0 radical (unpaired) electrons. The zero-order valence-corrected chi connectivity index (χ0v) is 9.28. The van der Waals surface area contributed by atoms with Gasteiger partial charge in [-0.3, -0.25) is 14.9 Å². The van der Waals surface area contributed by atoms with Gasteiger partial charge >= 0.3 is 0 Å². The summed E-state index contributed by atoms with van der Waals surface area (Å²) in [5.74, 6) is 0.273. The molecule has 0 aliphatic heterocycles. The highest BCUT2D eigenvalue weighted by Crippen LogP contribution is 2.32. The maximum absolute atomic E-state index is 11.0. The molecule has 5 heteroatoms. The first-order valence-electron chi connectivity index (χ1n) is 5.16. The molecule has 0 aliphatic rings. The lowest BCUT2D eigenvalue weighted by Crippen LogP contribution is -1.94. The van der Waals surface area contributed by atoms with Crippen LogP contribution in [-0.2, 0) is 4.79 Å². The van der Waals surface area contributed by atoms with E-state index in [1.807, 2.05) is 6.07 Å². The van der Waals surface area contributed by atoms with Gasteiger partial charge in [0.1, 0.15) is 5.75 Å². The van der Waals surface area contributed by atoms with Gasteiger partial charge in [-0.2, -0.15) is 0 Å². The molecule has 0 aromatic heterocycles. The minimum atomic E-state index is -0.465. The van der Waals surface area contributed by atoms with Gasteiger partial charge in [0, 0.05) is 6.07 Å². The third-order valence-electron chi connectivity index (χ3n) is 2.43. The van der Waals surface area contributed by atoms with E-state index in [2.05, 4.69) is 0 Å². The lowest BCUT2D eigenvalue weighted by molar-refractivity contribution is -0.384. The molecule has 0 saturated heterocycles. The van der Waals surface area contributed by atoms with Gasteiger partial charge in [-0.1, -0.05) is 30.3 Å². The molecule has 18 heavy (non-hydrogen) atoms. The highest BCUT2D eigenvalue weighted by molar-refractivity contribution is 5.75. The minimum Gasteiger partial charge on any atom is -0.429 e. The topological polar surface area (TPSA) is 69.4 Å². The Bertz CT molecular complexity index is 581. The summed E-state index contributed by atoms with van der Waals surface area (Å²) in [7, 11) is 0. The summed E-state index contributed by atoms with van der Waals surface area (Å²) in [6.07, 6.45) is 0. The zero-order valence-electron chi connectivity index (χ0n) is 9.28. The van der Waals surface area contributed by atoms with Crippen LogP contribution in [0.4, 0.5) is 5.69 Å². The molecule has 2 aromatic rings. The Morgan fingerprint density at radius 3 is 2.44 bits per heavy atom. The molecule has 0 spiro atoms. The van der Waals surface area contributed by atoms with Crippen LogP contribution in [0.3, 0.4) is 0 Å². The van der Waals surface area contributed by atoms with E-state index < -0.39 is 4.92 Å². The van der Waals surface area contributed by atoms with Gasteiger partial charge in [0.05, 0.1) is 10.5 Å². The molecule has 2 rings (SSSR count). The molecular weight excluding hydrogens is 234 g/mol. The maximum Gasteiger partial charge on any atom is 0.298 e. The second kappa shape index (κ2) is 5.09. The van der Waals surface area contributed by atoms with E-state index in [-0.39, 0.29) is 17.9 Å². The Kier molecular flexibility index (Phi) is 3.33. The largest absolute Gasteiger partial charge is 0.429 e. The first kappa shape index (κ1) is 11.8. The second-order valence-corrected chi connectivity index (χ2v) is 3.52. The summed E-state index contributed by atoms with van der Waals surface area (Å²) < 4.78 is 4.70. The Hall–Kier alpha value is -2.69. The van der Waals surface area contributed by atoms with Crippen LogP contribution in [0.2, 0.25) is 0 Å². The normalized spacial score (nSPS) is 9.78. The molecule has 0 unspecified atom stereocenters. The van der Waals surface area contributed by atoms with Crippen LogP contribution in [0.15, 0.2) is 48.5 Å². The quantitative estimate of drug-likeness (QED) is 0.470. The summed E-state index contributed by atoms with van der Waals surface area (Å²) >= 11 is 0. The SMILES string of the molecule is O=COc1ccc([N+](=O)[O-])c(-c2ccccc2)c1. The van der Waals surface area contributed by atoms with E-state index in [0.29, 0.717) is 11.1 Å². The number of carbonyl (C=O) groups is 1. The van der Waals surface area contributed by atoms with Crippen LogP contribution >= 0.6 is 0 Å². The lowest BCUT2D eigenvalue weighted by Gasteiger charge is -2.05. The van der Waals surface area contributed by atoms with Crippen molar-refractivity contribution in [2.75, 3.05) is 0 Å². The summed E-state index contributed by atoms with van der Waals surface area (Å²) in [6, 6.07) is 13.1. The monoisotopic (exact) mass is 243 g/mol. The Morgan fingerprint density at radius 1 is 1.11 bits per heavy atom. The van der Waals surface area contributed by atoms with Crippen LogP contribution < -0.4 is 4.74 Å². The predicted octanol–water partition coefficient (Wildman–Crippen LogP) is 2.80. The average Bonchev–Trinajstić information content (AvgIpc) is 2.40. The van der Waals surface area contributed by atoms with Crippen LogP contribution in [-0.4, -0.2) is 11.4 Å². The molecular formula is C13H9NO4. The van der Waals surface area contributed by atoms with Gasteiger partial charge in [-0.25, -0.2) is 0 Å². The fourth-order valence-electron chi connectivity index (χ4n) is 1.65. The first-order chi connectivity index (χ1) is 8.72. The van der Waals surface area contributed by atoms with Crippen molar-refractivity contribution >= 4 is 12.2 Å². The summed E-state index contributed by atoms with van der Waals surface area (Å²) in [5, 5.41) is 11.0. The van der Waals surface area contributed by atoms with Crippen molar-refractivity contribution < 1.29 is 14.5 Å². The van der Waals surface area contributed by atoms with Crippen LogP contribution in [0.25, 0.3) is 11.1 Å². The third-order valence-corrected chi connectivity index (χ3v) is 2.43. The van der Waals surface area contributed by atoms with Gasteiger partial charge in [-0.05, 0) is 17.7 Å². The van der Waals surface area contributed by atoms with Gasteiger partial charge in [-0.15, -0.1) is 0 Å². The smallest absolute Gasteiger partial charge is 0.298 e. The number of hydrogen-bond acceptors (Lipinski definition) is 4. The molecule has 0 saturated carbocycles. The molecule has 0 atom stereocenters. The number of benzene rings is 2. The van der Waals surface area contributed by atoms with Gasteiger partial charge in [0.15, 0.2) is 0 Å². The number of rotatable bonds is 4. The standard InChI is InChI=1S/C13H9NO4/c15-9-18-11-6-7-13(14(16)17)12(8-11)10-4-2-1-3-5-10/h1-9H. The molecule has 0 aliphatic carbocycles. The van der Waals surface area contributed by atoms with Gasteiger partial charge in [0.25, 0.3) is 12.2 Å². The Labute approximate surface area is 103 Å². The van der Waals surface area contributed by atoms with E-state index in [1.165, 1.54) is 18.2 Å². The van der Waals surface area contributed by atoms with Crippen molar-refractivity contribution in [1.29, 1.82) is 0 Å². The number of nitrogens with zero attached hydrogens (tertiary/aromatic N) is 1. The fourth-order valence-corrected chi connectivity index (χ4v) is 1.65. The number of nitro benzene ring substituents is 1. The summed E-state index contributed by atoms with van der Waals surface area (Å²) in [6.45, 7) is 0.288. The Morgan fingerprint density at radius 2 is 1.83 bits per heavy atom. The highest BCUT2D eigenvalue weighted by Gasteiger charge is 2.16. The van der Waals surface area contributed by atoms with Crippen molar-refractivity contribution in [3.05, 3.63) is 58.6 Å². The Balaban J connectivity index is 2.57. The lowest BCUT2D eigenvalue weighted by atomic mass is 10.0. The molecule has 2 aromatic carbocycles. The van der Waals surface area contributed by atoms with Crippen LogP contribution in [0, 0.1) is 10.1 Å². The number of carbonyl (C=O) groups excluding carboxylic acids is 1. The van der Waals surface area contributed by atoms with Crippen molar-refractivity contribution in [3.8, 4) is 16.9 Å². The zero-order chi connectivity index (χ0) is 13.0. The molecule has 0 bridgehead atoms. The number of hydrogen-bond donors (Lipinski definition) is 0. The van der Waals surface area contributed by atoms with Crippen molar-refractivity contribution in [3.63, 3.8) is 0 Å². The van der Waals surface area contributed by atoms with Crippen LogP contribution in [0.5, 0.6) is 5.75 Å². The fraction of sp³-hybridized carbons (Fsp3) is 0. The van der Waals surface area contributed by atoms with Gasteiger partial charge < -0.3 is 4.74 Å². The third kappa shape index (κ3) is 2.35. The molecule has 0 amide bonds. The molecule has 0 heterocycles. The van der Waals surface area contributed by atoms with E-state index in [9.17, 15) is 14.9 Å². The molecule has 5 nitrogen and oxygen atoms in total. The number of nitro groups is 1. The maximum atomic E-state index is 11.0. The average molecular weight is 243 g/mol. The van der Waals surface area contributed by atoms with E-state index in [4.69, 9.17) is 4.74 Å². The summed E-state index contributed by atoms with van der Waals surface area (Å²) in [5.41, 5.74) is 1.08. The molecule has 0 N–H and O–H groups in total. The second-order valence-electron chi connectivity index (χ2n) is 3.52. The minimum absolute atomic E-state index is 0.0283. The first-order valence-corrected chi connectivity index (χ1v) is 5.16. The van der Waals surface area contributed by atoms with E-state index in [1.54, 1.807) is 24.3 Å². The van der Waals surface area contributed by atoms with Gasteiger partial charge in [0.2, 0.25) is 0 Å². The van der Waals surface area contributed by atoms with E-state index in [0.717, 1.165) is 0 Å². The summed E-state index contributed by atoms with van der Waals surface area (Å²) in [4.78, 5) is 20.8. The van der Waals surface area contributed by atoms with Crippen LogP contribution in [0.1, 0.15) is 0 Å². The van der Waals surface area contributed by atoms with E-state index >= 15 is 0 Å². The van der Waals surface area contributed by atoms with Crippen molar-refractivity contribution in [2.24, 2.45) is 0 Å². The predicted molar refractivity (Wildman–Crippen MR) is 65.2 cm³/mol. The molecule has 0 fully saturated rings. The van der Waals surface area contributed by atoms with Crippen molar-refractivity contribution in [2.45, 2.75) is 0 Å². The van der Waals surface area contributed by atoms with Crippen molar-refractivity contribution in [1.82, 2.24) is 0 Å².